The van der Waals surface area contributed by atoms with Gasteiger partial charge in [0.25, 0.3) is 0 Å². The fraction of sp³-hybridized carbons (Fsp3) is 0.286. The van der Waals surface area contributed by atoms with Crippen molar-refractivity contribution in [3.8, 4) is 5.75 Å². The molecule has 0 spiro atoms. The van der Waals surface area contributed by atoms with E-state index < -0.39 is 17.4 Å². The topological polar surface area (TPSA) is 49.8 Å². The first-order chi connectivity index (χ1) is 12.5. The second-order valence-electron chi connectivity index (χ2n) is 6.58. The number of piperidine rings is 1. The maximum Gasteiger partial charge on any atom is 0.348 e. The molecule has 0 amide bonds. The predicted octanol–water partition coefficient (Wildman–Crippen LogP) is 3.97. The van der Waals surface area contributed by atoms with Crippen LogP contribution in [0.3, 0.4) is 0 Å². The van der Waals surface area contributed by atoms with E-state index in [1.807, 2.05) is 18.2 Å². The van der Waals surface area contributed by atoms with Crippen LogP contribution in [0.2, 0.25) is 0 Å². The lowest BCUT2D eigenvalue weighted by molar-refractivity contribution is -0.159. The van der Waals surface area contributed by atoms with E-state index in [1.54, 1.807) is 6.07 Å². The molecule has 1 fully saturated rings. The predicted molar refractivity (Wildman–Crippen MR) is 98.4 cm³/mol. The lowest BCUT2D eigenvalue weighted by Crippen LogP contribution is -2.53. The molecule has 0 saturated carbocycles. The largest absolute Gasteiger partial charge is 0.478 e. The molecule has 0 aromatic heterocycles. The maximum atomic E-state index is 13.4. The van der Waals surface area contributed by atoms with Crippen LogP contribution in [0.15, 0.2) is 55.1 Å². The number of ether oxygens (including phenoxy) is 1. The first-order valence-corrected chi connectivity index (χ1v) is 8.62. The number of nitrogens with zero attached hydrogens (tertiary/aromatic N) is 1. The molecule has 2 aromatic rings. The molecular weight excluding hydrogens is 333 g/mol. The van der Waals surface area contributed by atoms with Gasteiger partial charge in [0.2, 0.25) is 5.60 Å². The Balaban J connectivity index is 1.67. The number of halogens is 1. The summed E-state index contributed by atoms with van der Waals surface area (Å²) in [6.07, 6.45) is 2.50. The summed E-state index contributed by atoms with van der Waals surface area (Å²) in [4.78, 5) is 14.1. The lowest BCUT2D eigenvalue weighted by atomic mass is 9.90. The molecule has 2 aromatic carbocycles. The average Bonchev–Trinajstić information content (AvgIpc) is 2.63. The Morgan fingerprint density at radius 3 is 2.62 bits per heavy atom. The van der Waals surface area contributed by atoms with Crippen LogP contribution < -0.4 is 4.74 Å². The van der Waals surface area contributed by atoms with Crippen LogP contribution in [0.5, 0.6) is 5.75 Å². The molecule has 4 nitrogen and oxygen atoms in total. The van der Waals surface area contributed by atoms with Gasteiger partial charge in [0, 0.05) is 38.5 Å². The summed E-state index contributed by atoms with van der Waals surface area (Å²) in [5.41, 5.74) is 0.915. The van der Waals surface area contributed by atoms with Crippen LogP contribution in [-0.2, 0) is 11.3 Å². The monoisotopic (exact) mass is 355 g/mol. The van der Waals surface area contributed by atoms with Crippen LogP contribution in [0.25, 0.3) is 6.08 Å². The first-order valence-electron chi connectivity index (χ1n) is 8.62. The zero-order valence-electron chi connectivity index (χ0n) is 14.5. The number of carbonyl (C=O) groups is 1. The fourth-order valence-electron chi connectivity index (χ4n) is 3.26. The highest BCUT2D eigenvalue weighted by Crippen LogP contribution is 2.30. The van der Waals surface area contributed by atoms with Gasteiger partial charge in [-0.1, -0.05) is 43.0 Å². The summed E-state index contributed by atoms with van der Waals surface area (Å²) >= 11 is 0. The van der Waals surface area contributed by atoms with E-state index >= 15 is 0 Å². The smallest absolute Gasteiger partial charge is 0.348 e. The Hall–Kier alpha value is -2.66. The van der Waals surface area contributed by atoms with E-state index in [9.17, 15) is 14.3 Å². The number of carboxylic acids is 1. The average molecular weight is 355 g/mol. The van der Waals surface area contributed by atoms with Crippen LogP contribution >= 0.6 is 0 Å². The molecule has 1 aliphatic rings. The van der Waals surface area contributed by atoms with Gasteiger partial charge in [-0.2, -0.15) is 0 Å². The molecule has 1 saturated heterocycles. The van der Waals surface area contributed by atoms with Crippen LogP contribution in [0.4, 0.5) is 4.39 Å². The number of rotatable bonds is 6. The van der Waals surface area contributed by atoms with Crippen molar-refractivity contribution in [3.63, 3.8) is 0 Å². The van der Waals surface area contributed by atoms with Gasteiger partial charge in [0.05, 0.1) is 0 Å². The molecule has 1 aliphatic heterocycles. The van der Waals surface area contributed by atoms with Crippen LogP contribution in [0, 0.1) is 5.82 Å². The highest BCUT2D eigenvalue weighted by molar-refractivity contribution is 5.78. The zero-order valence-corrected chi connectivity index (χ0v) is 14.5. The highest BCUT2D eigenvalue weighted by Gasteiger charge is 2.44. The SMILES string of the molecule is C=Cc1cccc(CN2CCC(Oc3cccc(F)c3)(C(=O)O)CC2)c1. The van der Waals surface area contributed by atoms with Gasteiger partial charge in [0.1, 0.15) is 11.6 Å². The van der Waals surface area contributed by atoms with Gasteiger partial charge in [-0.25, -0.2) is 9.18 Å². The Morgan fingerprint density at radius 2 is 1.96 bits per heavy atom. The third-order valence-corrected chi connectivity index (χ3v) is 4.76. The number of carboxylic acid groups (broad SMARTS) is 1. The molecule has 5 heteroatoms. The number of benzene rings is 2. The third kappa shape index (κ3) is 4.11. The molecule has 1 N–H and O–H groups in total. The summed E-state index contributed by atoms with van der Waals surface area (Å²) in [6, 6.07) is 13.7. The Labute approximate surface area is 152 Å². The van der Waals surface area contributed by atoms with Crippen molar-refractivity contribution in [1.29, 1.82) is 0 Å². The summed E-state index contributed by atoms with van der Waals surface area (Å²) in [5.74, 6) is -1.20. The van der Waals surface area contributed by atoms with Crippen LogP contribution in [-0.4, -0.2) is 34.7 Å². The Morgan fingerprint density at radius 1 is 1.23 bits per heavy atom. The van der Waals surface area contributed by atoms with E-state index in [4.69, 9.17) is 4.74 Å². The summed E-state index contributed by atoms with van der Waals surface area (Å²) in [6.45, 7) is 5.72. The molecule has 0 atom stereocenters. The molecular formula is C21H22FNO3. The van der Waals surface area contributed by atoms with Crippen molar-refractivity contribution in [2.24, 2.45) is 0 Å². The molecule has 3 rings (SSSR count). The van der Waals surface area contributed by atoms with Crippen molar-refractivity contribution in [1.82, 2.24) is 4.90 Å². The van der Waals surface area contributed by atoms with E-state index in [2.05, 4.69) is 23.6 Å². The van der Waals surface area contributed by atoms with E-state index in [0.29, 0.717) is 25.9 Å². The molecule has 136 valence electrons. The second-order valence-corrected chi connectivity index (χ2v) is 6.58. The van der Waals surface area contributed by atoms with Gasteiger partial charge in [-0.3, -0.25) is 4.90 Å². The normalized spacial score (nSPS) is 16.8. The van der Waals surface area contributed by atoms with E-state index in [1.165, 1.54) is 18.2 Å². The zero-order chi connectivity index (χ0) is 18.6. The minimum Gasteiger partial charge on any atom is -0.478 e. The maximum absolute atomic E-state index is 13.4. The number of aliphatic carboxylic acids is 1. The van der Waals surface area contributed by atoms with Gasteiger partial charge < -0.3 is 9.84 Å². The highest BCUT2D eigenvalue weighted by atomic mass is 19.1. The lowest BCUT2D eigenvalue weighted by Gasteiger charge is -2.38. The van der Waals surface area contributed by atoms with Gasteiger partial charge in [0.15, 0.2) is 0 Å². The standard InChI is InChI=1S/C21H22FNO3/c1-2-16-5-3-6-17(13-16)15-23-11-9-21(10-12-23,20(24)25)26-19-8-4-7-18(22)14-19/h2-8,13-14H,1,9-12,15H2,(H,24,25). The van der Waals surface area contributed by atoms with Crippen LogP contribution in [0.1, 0.15) is 24.0 Å². The van der Waals surface area contributed by atoms with Crippen molar-refractivity contribution in [2.75, 3.05) is 13.1 Å². The molecule has 0 unspecified atom stereocenters. The van der Waals surface area contributed by atoms with Crippen molar-refractivity contribution in [2.45, 2.75) is 25.0 Å². The Kier molecular flexibility index (Phi) is 5.38. The molecule has 0 bridgehead atoms. The minimum atomic E-state index is -1.31. The summed E-state index contributed by atoms with van der Waals surface area (Å²) in [5, 5.41) is 9.72. The number of likely N-dealkylation sites (tertiary alicyclic amines) is 1. The quantitative estimate of drug-likeness (QED) is 0.852. The Bertz CT molecular complexity index is 797. The second kappa shape index (κ2) is 7.70. The molecule has 0 radical (unpaired) electrons. The fourth-order valence-corrected chi connectivity index (χ4v) is 3.26. The molecule has 1 heterocycles. The van der Waals surface area contributed by atoms with Crippen molar-refractivity contribution < 1.29 is 19.0 Å². The van der Waals surface area contributed by atoms with E-state index in [-0.39, 0.29) is 5.75 Å². The van der Waals surface area contributed by atoms with Crippen molar-refractivity contribution in [3.05, 3.63) is 72.1 Å². The minimum absolute atomic E-state index is 0.250. The van der Waals surface area contributed by atoms with E-state index in [0.717, 1.165) is 17.7 Å². The third-order valence-electron chi connectivity index (χ3n) is 4.76. The molecule has 0 aliphatic carbocycles. The molecule has 26 heavy (non-hydrogen) atoms. The van der Waals surface area contributed by atoms with Gasteiger partial charge in [-0.05, 0) is 23.3 Å². The number of hydrogen-bond acceptors (Lipinski definition) is 3. The summed E-state index contributed by atoms with van der Waals surface area (Å²) < 4.78 is 19.1. The first kappa shape index (κ1) is 18.1. The van der Waals surface area contributed by atoms with Gasteiger partial charge >= 0.3 is 5.97 Å². The van der Waals surface area contributed by atoms with Crippen molar-refractivity contribution >= 4 is 12.0 Å². The summed E-state index contributed by atoms with van der Waals surface area (Å²) in [7, 11) is 0. The van der Waals surface area contributed by atoms with Gasteiger partial charge in [-0.15, -0.1) is 0 Å². The number of hydrogen-bond donors (Lipinski definition) is 1.